The number of anilines is 1. The fourth-order valence-corrected chi connectivity index (χ4v) is 4.04. The molecule has 3 unspecified atom stereocenters. The van der Waals surface area contributed by atoms with Crippen molar-refractivity contribution in [2.24, 2.45) is 0 Å². The van der Waals surface area contributed by atoms with Gasteiger partial charge in [0.25, 0.3) is 0 Å². The summed E-state index contributed by atoms with van der Waals surface area (Å²) < 4.78 is 0. The van der Waals surface area contributed by atoms with Crippen molar-refractivity contribution in [3.05, 3.63) is 48.6 Å². The summed E-state index contributed by atoms with van der Waals surface area (Å²) in [6.45, 7) is 3.35. The first kappa shape index (κ1) is 20.1. The van der Waals surface area contributed by atoms with Crippen LogP contribution in [0.1, 0.15) is 6.92 Å². The van der Waals surface area contributed by atoms with Gasteiger partial charge in [-0.3, -0.25) is 0 Å². The van der Waals surface area contributed by atoms with Gasteiger partial charge < -0.3 is 20.0 Å². The Morgan fingerprint density at radius 3 is 2.38 bits per heavy atom. The molecule has 140 valence electrons. The van der Waals surface area contributed by atoms with E-state index in [1.807, 2.05) is 11.8 Å². The van der Waals surface area contributed by atoms with Crippen LogP contribution in [0.5, 0.6) is 0 Å². The van der Waals surface area contributed by atoms with Crippen LogP contribution in [0.3, 0.4) is 0 Å². The van der Waals surface area contributed by atoms with Crippen molar-refractivity contribution >= 4 is 29.4 Å². The van der Waals surface area contributed by atoms with Gasteiger partial charge in [-0.15, -0.1) is 11.8 Å². The number of fused-ring (bicyclic) bond motifs is 2. The van der Waals surface area contributed by atoms with E-state index in [9.17, 15) is 0 Å². The van der Waals surface area contributed by atoms with Crippen molar-refractivity contribution < 1.29 is 19.8 Å². The number of hydrogen-bond donors (Lipinski definition) is 2. The van der Waals surface area contributed by atoms with Crippen LogP contribution in [-0.2, 0) is 9.59 Å². The number of aliphatic carboxylic acids is 2. The van der Waals surface area contributed by atoms with Crippen LogP contribution >= 0.6 is 11.8 Å². The first-order valence-corrected chi connectivity index (χ1v) is 9.19. The number of hydrogen-bond acceptors (Lipinski definition) is 5. The van der Waals surface area contributed by atoms with Gasteiger partial charge in [0, 0.05) is 17.5 Å². The molecule has 1 aromatic carbocycles. The Kier molecular flexibility index (Phi) is 6.88. The van der Waals surface area contributed by atoms with Gasteiger partial charge in [0.15, 0.2) is 0 Å². The largest absolute Gasteiger partial charge is 0.473 e. The quantitative estimate of drug-likeness (QED) is 0.785. The van der Waals surface area contributed by atoms with E-state index in [0.29, 0.717) is 17.3 Å². The van der Waals surface area contributed by atoms with Crippen molar-refractivity contribution in [3.8, 4) is 0 Å². The van der Waals surface area contributed by atoms with Gasteiger partial charge in [0.1, 0.15) is 0 Å². The number of carbonyl (C=O) groups is 2. The van der Waals surface area contributed by atoms with E-state index >= 15 is 0 Å². The molecule has 6 nitrogen and oxygen atoms in total. The van der Waals surface area contributed by atoms with Gasteiger partial charge in [-0.05, 0) is 33.2 Å². The lowest BCUT2D eigenvalue weighted by atomic mass is 10.0. The first-order chi connectivity index (χ1) is 12.3. The van der Waals surface area contributed by atoms with E-state index < -0.39 is 11.9 Å². The van der Waals surface area contributed by atoms with Crippen molar-refractivity contribution in [3.63, 3.8) is 0 Å². The van der Waals surface area contributed by atoms with Crippen molar-refractivity contribution in [1.82, 2.24) is 4.90 Å². The topological polar surface area (TPSA) is 81.1 Å². The van der Waals surface area contributed by atoms with Crippen LogP contribution in [-0.4, -0.2) is 65.0 Å². The molecule has 0 saturated carbocycles. The predicted octanol–water partition coefficient (Wildman–Crippen LogP) is 2.57. The number of nitrogens with zero attached hydrogens (tertiary/aromatic N) is 2. The molecule has 2 aliphatic rings. The molecule has 0 saturated heterocycles. The molecule has 2 N–H and O–H groups in total. The molecular weight excluding hydrogens is 352 g/mol. The Balaban J connectivity index is 0.000000352. The van der Waals surface area contributed by atoms with E-state index in [0.717, 1.165) is 6.54 Å². The zero-order valence-corrected chi connectivity index (χ0v) is 15.9. The predicted molar refractivity (Wildman–Crippen MR) is 104 cm³/mol. The Bertz CT molecular complexity index is 705. The van der Waals surface area contributed by atoms with Gasteiger partial charge in [-0.1, -0.05) is 36.4 Å². The molecule has 1 heterocycles. The average molecular weight is 376 g/mol. The Morgan fingerprint density at radius 2 is 1.77 bits per heavy atom. The summed E-state index contributed by atoms with van der Waals surface area (Å²) in [5.41, 5.74) is 1.38. The number of allylic oxidation sites excluding steroid dienone is 2. The maximum absolute atomic E-state index is 9.10. The molecule has 0 amide bonds. The van der Waals surface area contributed by atoms with Crippen LogP contribution in [0.25, 0.3) is 0 Å². The number of carboxylic acids is 2. The van der Waals surface area contributed by atoms with Crippen LogP contribution < -0.4 is 4.90 Å². The van der Waals surface area contributed by atoms with Gasteiger partial charge in [0.2, 0.25) is 0 Å². The second kappa shape index (κ2) is 8.91. The molecule has 0 bridgehead atoms. The van der Waals surface area contributed by atoms with Gasteiger partial charge in [0.05, 0.1) is 17.0 Å². The van der Waals surface area contributed by atoms with Crippen LogP contribution in [0.2, 0.25) is 0 Å². The number of para-hydroxylation sites is 1. The molecule has 0 fully saturated rings. The smallest absolute Gasteiger partial charge is 0.414 e. The Labute approximate surface area is 157 Å². The molecule has 26 heavy (non-hydrogen) atoms. The maximum Gasteiger partial charge on any atom is 0.414 e. The van der Waals surface area contributed by atoms with Crippen molar-refractivity contribution in [2.45, 2.75) is 29.2 Å². The third kappa shape index (κ3) is 4.89. The molecule has 3 rings (SSSR count). The van der Waals surface area contributed by atoms with Crippen LogP contribution in [0, 0.1) is 0 Å². The molecule has 1 aliphatic heterocycles. The lowest BCUT2D eigenvalue weighted by Crippen LogP contribution is -2.49. The normalized spacial score (nSPS) is 21.3. The lowest BCUT2D eigenvalue weighted by molar-refractivity contribution is -0.159. The van der Waals surface area contributed by atoms with Crippen LogP contribution in [0.4, 0.5) is 5.69 Å². The monoisotopic (exact) mass is 376 g/mol. The number of carboxylic acid groups (broad SMARTS) is 2. The molecular formula is C19H24N2O4S. The number of likely N-dealkylation sites (N-methyl/N-ethyl adjacent to an activating group) is 1. The minimum absolute atomic E-state index is 0.474. The summed E-state index contributed by atoms with van der Waals surface area (Å²) in [6.07, 6.45) is 9.03. The molecule has 0 radical (unpaired) electrons. The van der Waals surface area contributed by atoms with Gasteiger partial charge in [-0.25, -0.2) is 9.59 Å². The van der Waals surface area contributed by atoms with E-state index in [4.69, 9.17) is 19.8 Å². The number of rotatable bonds is 3. The third-order valence-corrected chi connectivity index (χ3v) is 5.69. The van der Waals surface area contributed by atoms with E-state index in [1.54, 1.807) is 0 Å². The highest BCUT2D eigenvalue weighted by atomic mass is 32.2. The zero-order valence-electron chi connectivity index (χ0n) is 15.1. The molecule has 3 atom stereocenters. The van der Waals surface area contributed by atoms with Crippen molar-refractivity contribution in [2.75, 3.05) is 25.5 Å². The highest BCUT2D eigenvalue weighted by Gasteiger charge is 2.33. The molecule has 1 aliphatic carbocycles. The molecule has 1 aromatic rings. The van der Waals surface area contributed by atoms with Gasteiger partial charge >= 0.3 is 11.9 Å². The maximum atomic E-state index is 9.10. The van der Waals surface area contributed by atoms with E-state index in [2.05, 4.69) is 79.4 Å². The lowest BCUT2D eigenvalue weighted by Gasteiger charge is -2.43. The summed E-state index contributed by atoms with van der Waals surface area (Å²) >= 11 is 1.99. The Morgan fingerprint density at radius 1 is 1.15 bits per heavy atom. The minimum Gasteiger partial charge on any atom is -0.473 e. The fourth-order valence-electron chi connectivity index (χ4n) is 2.73. The molecule has 7 heteroatoms. The highest BCUT2D eigenvalue weighted by Crippen LogP contribution is 2.43. The van der Waals surface area contributed by atoms with E-state index in [-0.39, 0.29) is 0 Å². The van der Waals surface area contributed by atoms with Gasteiger partial charge in [-0.2, -0.15) is 0 Å². The molecule has 0 spiro atoms. The average Bonchev–Trinajstić information content (AvgIpc) is 2.61. The summed E-state index contributed by atoms with van der Waals surface area (Å²) in [5.74, 6) is -3.65. The zero-order chi connectivity index (χ0) is 19.3. The summed E-state index contributed by atoms with van der Waals surface area (Å²) in [7, 11) is 4.31. The summed E-state index contributed by atoms with van der Waals surface area (Å²) in [5, 5.41) is 15.3. The van der Waals surface area contributed by atoms with Crippen LogP contribution in [0.15, 0.2) is 53.5 Å². The molecule has 0 aromatic heterocycles. The summed E-state index contributed by atoms with van der Waals surface area (Å²) in [4.78, 5) is 24.5. The first-order valence-electron chi connectivity index (χ1n) is 8.31. The fraction of sp³-hybridized carbons (Fsp3) is 0.368. The van der Waals surface area contributed by atoms with Crippen molar-refractivity contribution in [1.29, 1.82) is 0 Å². The standard InChI is InChI=1S/C17H22N2S.C2H2O4/c1-13(18(2)3)12-19-14-8-4-6-10-16(14)20-17-11-7-5-9-15(17)19;3-1(4)2(5)6/h4-11,13-14,16H,12H2,1-3H3;(H,3,4)(H,5,6). The number of thioether (sulfide) groups is 1. The number of benzene rings is 1. The SMILES string of the molecule is CC(CN1c2ccccc2SC2C=CC=CC21)N(C)C.O=C(O)C(=O)O. The second-order valence-electron chi connectivity index (χ2n) is 6.39. The minimum atomic E-state index is -1.82. The summed E-state index contributed by atoms with van der Waals surface area (Å²) in [6, 6.07) is 9.80. The Hall–Kier alpha value is -2.25. The van der Waals surface area contributed by atoms with E-state index in [1.165, 1.54) is 10.6 Å². The second-order valence-corrected chi connectivity index (χ2v) is 7.61. The third-order valence-electron chi connectivity index (χ3n) is 4.38. The highest BCUT2D eigenvalue weighted by molar-refractivity contribution is 8.00.